The lowest BCUT2D eigenvalue weighted by Crippen LogP contribution is -2.32. The Morgan fingerprint density at radius 3 is 1.93 bits per heavy atom. The normalized spacial score (nSPS) is 12.0. The van der Waals surface area contributed by atoms with Gasteiger partial charge in [-0.05, 0) is 37.6 Å². The maximum absolute atomic E-state index is 11.9. The molecule has 27 heavy (non-hydrogen) atoms. The Bertz CT molecular complexity index is 811. The Hall–Kier alpha value is -1.69. The molecule has 0 amide bonds. The van der Waals surface area contributed by atoms with Gasteiger partial charge in [-0.1, -0.05) is 0 Å². The summed E-state index contributed by atoms with van der Waals surface area (Å²) in [6, 6.07) is 5.00. The molecule has 0 heterocycles. The van der Waals surface area contributed by atoms with E-state index in [1.165, 1.54) is 0 Å². The van der Waals surface area contributed by atoms with Crippen LogP contribution in [-0.2, 0) is 33.3 Å². The summed E-state index contributed by atoms with van der Waals surface area (Å²) in [7, 11) is -7.19. The van der Waals surface area contributed by atoms with Crippen LogP contribution in [0.4, 0.5) is 5.69 Å². The summed E-state index contributed by atoms with van der Waals surface area (Å²) in [6.07, 6.45) is 1.89. The summed E-state index contributed by atoms with van der Waals surface area (Å²) in [4.78, 5) is 13.6. The Kier molecular flexibility index (Phi) is 8.66. The first-order valence-corrected chi connectivity index (χ1v) is 11.8. The second-order valence-corrected chi connectivity index (χ2v) is 9.05. The molecule has 0 spiro atoms. The molecule has 0 fully saturated rings. The van der Waals surface area contributed by atoms with Crippen molar-refractivity contribution in [2.45, 2.75) is 13.8 Å². The standard InChI is InChI=1S/C16H25NO8S2/c1-5-23-16(18)15-7-6-14(12-13(15)2)17(8-10-24-26(3,19)20)9-11-25-27(4,21)22/h6-7,12H,5,8-11H2,1-4H3. The third-order valence-electron chi connectivity index (χ3n) is 3.39. The number of anilines is 1. The molecule has 0 radical (unpaired) electrons. The average Bonchev–Trinajstić information content (AvgIpc) is 2.51. The fraction of sp³-hybridized carbons (Fsp3) is 0.562. The molecule has 11 heteroatoms. The van der Waals surface area contributed by atoms with E-state index in [1.807, 2.05) is 0 Å². The second-order valence-electron chi connectivity index (χ2n) is 5.76. The van der Waals surface area contributed by atoms with Crippen LogP contribution in [-0.4, -0.2) is 68.2 Å². The molecule has 0 N–H and O–H groups in total. The van der Waals surface area contributed by atoms with Gasteiger partial charge in [-0.2, -0.15) is 16.8 Å². The van der Waals surface area contributed by atoms with E-state index in [1.54, 1.807) is 36.9 Å². The van der Waals surface area contributed by atoms with Crippen LogP contribution in [0.1, 0.15) is 22.8 Å². The molecule has 1 aromatic carbocycles. The molecular formula is C16H25NO8S2. The number of rotatable bonds is 11. The molecule has 0 aliphatic heterocycles. The number of benzene rings is 1. The predicted octanol–water partition coefficient (Wildman–Crippen LogP) is 0.931. The Balaban J connectivity index is 2.95. The molecule has 1 aromatic rings. The summed E-state index contributed by atoms with van der Waals surface area (Å²) in [6.45, 7) is 3.85. The Labute approximate surface area is 160 Å². The van der Waals surface area contributed by atoms with Gasteiger partial charge in [-0.3, -0.25) is 8.37 Å². The topological polar surface area (TPSA) is 116 Å². The Morgan fingerprint density at radius 1 is 1.00 bits per heavy atom. The smallest absolute Gasteiger partial charge is 0.338 e. The van der Waals surface area contributed by atoms with Crippen molar-refractivity contribution in [3.8, 4) is 0 Å². The van der Waals surface area contributed by atoms with Crippen LogP contribution in [0.15, 0.2) is 18.2 Å². The zero-order chi connectivity index (χ0) is 20.7. The fourth-order valence-corrected chi connectivity index (χ4v) is 3.00. The molecule has 0 bridgehead atoms. The third kappa shape index (κ3) is 9.18. The highest BCUT2D eigenvalue weighted by Crippen LogP contribution is 2.20. The van der Waals surface area contributed by atoms with Crippen molar-refractivity contribution < 1.29 is 34.7 Å². The number of hydrogen-bond donors (Lipinski definition) is 0. The minimum atomic E-state index is -3.59. The number of hydrogen-bond acceptors (Lipinski definition) is 9. The van der Waals surface area contributed by atoms with Gasteiger partial charge in [0.1, 0.15) is 0 Å². The van der Waals surface area contributed by atoms with E-state index in [4.69, 9.17) is 13.1 Å². The lowest BCUT2D eigenvalue weighted by molar-refractivity contribution is 0.0525. The number of ether oxygens (including phenoxy) is 1. The van der Waals surface area contributed by atoms with Crippen LogP contribution < -0.4 is 4.90 Å². The maximum Gasteiger partial charge on any atom is 0.338 e. The van der Waals surface area contributed by atoms with Crippen molar-refractivity contribution in [1.82, 2.24) is 0 Å². The maximum atomic E-state index is 11.9. The van der Waals surface area contributed by atoms with Gasteiger partial charge in [0.05, 0.1) is 37.9 Å². The summed E-state index contributed by atoms with van der Waals surface area (Å²) in [5.41, 5.74) is 1.75. The number of carbonyl (C=O) groups is 1. The monoisotopic (exact) mass is 423 g/mol. The van der Waals surface area contributed by atoms with Crippen molar-refractivity contribution in [2.75, 3.05) is 50.3 Å². The van der Waals surface area contributed by atoms with Crippen LogP contribution in [0.5, 0.6) is 0 Å². The average molecular weight is 424 g/mol. The molecule has 0 aliphatic carbocycles. The predicted molar refractivity (Wildman–Crippen MR) is 101 cm³/mol. The van der Waals surface area contributed by atoms with Crippen molar-refractivity contribution >= 4 is 31.9 Å². The fourth-order valence-electron chi connectivity index (χ4n) is 2.25. The number of aryl methyl sites for hydroxylation is 1. The summed E-state index contributed by atoms with van der Waals surface area (Å²) >= 11 is 0. The van der Waals surface area contributed by atoms with E-state index in [2.05, 4.69) is 0 Å². The molecule has 0 aliphatic rings. The molecule has 9 nitrogen and oxygen atoms in total. The van der Waals surface area contributed by atoms with Crippen LogP contribution in [0.25, 0.3) is 0 Å². The first kappa shape index (κ1) is 23.3. The van der Waals surface area contributed by atoms with Crippen LogP contribution in [0.3, 0.4) is 0 Å². The van der Waals surface area contributed by atoms with Gasteiger partial charge in [-0.25, -0.2) is 4.79 Å². The van der Waals surface area contributed by atoms with Crippen LogP contribution in [0, 0.1) is 6.92 Å². The largest absolute Gasteiger partial charge is 0.462 e. The van der Waals surface area contributed by atoms with Gasteiger partial charge in [0.15, 0.2) is 0 Å². The molecule has 0 saturated heterocycles. The van der Waals surface area contributed by atoms with Crippen molar-refractivity contribution in [2.24, 2.45) is 0 Å². The van der Waals surface area contributed by atoms with E-state index in [9.17, 15) is 21.6 Å². The minimum Gasteiger partial charge on any atom is -0.462 e. The molecular weight excluding hydrogens is 398 g/mol. The molecule has 154 valence electrons. The van der Waals surface area contributed by atoms with E-state index < -0.39 is 26.2 Å². The molecule has 0 aromatic heterocycles. The van der Waals surface area contributed by atoms with Gasteiger partial charge >= 0.3 is 5.97 Å². The quantitative estimate of drug-likeness (QED) is 0.378. The lowest BCUT2D eigenvalue weighted by Gasteiger charge is -2.25. The van der Waals surface area contributed by atoms with Gasteiger partial charge in [0.25, 0.3) is 20.2 Å². The van der Waals surface area contributed by atoms with Gasteiger partial charge in [0.2, 0.25) is 0 Å². The van der Waals surface area contributed by atoms with E-state index >= 15 is 0 Å². The number of esters is 1. The zero-order valence-corrected chi connectivity index (χ0v) is 17.4. The van der Waals surface area contributed by atoms with Crippen molar-refractivity contribution in [3.05, 3.63) is 29.3 Å². The number of carbonyl (C=O) groups excluding carboxylic acids is 1. The van der Waals surface area contributed by atoms with Gasteiger partial charge < -0.3 is 9.64 Å². The molecule has 1 rings (SSSR count). The van der Waals surface area contributed by atoms with Crippen molar-refractivity contribution in [3.63, 3.8) is 0 Å². The summed E-state index contributed by atoms with van der Waals surface area (Å²) in [5.74, 6) is -0.436. The zero-order valence-electron chi connectivity index (χ0n) is 15.8. The van der Waals surface area contributed by atoms with E-state index in [-0.39, 0.29) is 32.9 Å². The van der Waals surface area contributed by atoms with Gasteiger partial charge in [-0.15, -0.1) is 0 Å². The lowest BCUT2D eigenvalue weighted by atomic mass is 10.1. The highest BCUT2D eigenvalue weighted by Gasteiger charge is 2.15. The second kappa shape index (κ2) is 10.0. The molecule has 0 atom stereocenters. The van der Waals surface area contributed by atoms with Crippen molar-refractivity contribution in [1.29, 1.82) is 0 Å². The highest BCUT2D eigenvalue weighted by atomic mass is 32.2. The molecule has 0 saturated carbocycles. The Morgan fingerprint density at radius 2 is 1.52 bits per heavy atom. The van der Waals surface area contributed by atoms with Gasteiger partial charge in [0, 0.05) is 18.8 Å². The van der Waals surface area contributed by atoms with Crippen LogP contribution >= 0.6 is 0 Å². The van der Waals surface area contributed by atoms with Crippen LogP contribution in [0.2, 0.25) is 0 Å². The highest BCUT2D eigenvalue weighted by molar-refractivity contribution is 7.86. The summed E-state index contributed by atoms with van der Waals surface area (Å²) in [5, 5.41) is 0. The minimum absolute atomic E-state index is 0.115. The van der Waals surface area contributed by atoms with E-state index in [0.29, 0.717) is 16.8 Å². The third-order valence-corrected chi connectivity index (χ3v) is 4.58. The van der Waals surface area contributed by atoms with E-state index in [0.717, 1.165) is 12.5 Å². The summed E-state index contributed by atoms with van der Waals surface area (Å²) < 4.78 is 59.0. The first-order chi connectivity index (χ1) is 12.4. The first-order valence-electron chi connectivity index (χ1n) is 8.14. The number of nitrogens with zero attached hydrogens (tertiary/aromatic N) is 1. The SMILES string of the molecule is CCOC(=O)c1ccc(N(CCOS(C)(=O)=O)CCOS(C)(=O)=O)cc1C. The molecule has 0 unspecified atom stereocenters.